The first-order valence-corrected chi connectivity index (χ1v) is 11.5. The van der Waals surface area contributed by atoms with E-state index >= 15 is 0 Å². The molecule has 0 radical (unpaired) electrons. The number of nitrogens with one attached hydrogen (secondary N) is 1. The summed E-state index contributed by atoms with van der Waals surface area (Å²) >= 11 is 7.96. The minimum Gasteiger partial charge on any atom is -0.314 e. The fourth-order valence-electron chi connectivity index (χ4n) is 4.61. The Morgan fingerprint density at radius 2 is 1.63 bits per heavy atom. The summed E-state index contributed by atoms with van der Waals surface area (Å²) in [4.78, 5) is 5.40. The highest BCUT2D eigenvalue weighted by Crippen LogP contribution is 2.43. The van der Waals surface area contributed by atoms with Crippen molar-refractivity contribution in [2.75, 3.05) is 26.2 Å². The predicted octanol–water partition coefficient (Wildman–Crippen LogP) is 6.02. The van der Waals surface area contributed by atoms with Crippen LogP contribution in [-0.2, 0) is 0 Å². The van der Waals surface area contributed by atoms with Gasteiger partial charge >= 0.3 is 0 Å². The van der Waals surface area contributed by atoms with Crippen LogP contribution in [0.1, 0.15) is 43.7 Å². The van der Waals surface area contributed by atoms with Gasteiger partial charge in [0.25, 0.3) is 0 Å². The molecule has 1 heterocycles. The number of hydrogen-bond donors (Lipinski definition) is 1. The van der Waals surface area contributed by atoms with E-state index in [9.17, 15) is 0 Å². The van der Waals surface area contributed by atoms with Crippen molar-refractivity contribution in [3.05, 3.63) is 59.1 Å². The zero-order chi connectivity index (χ0) is 18.5. The van der Waals surface area contributed by atoms with Crippen molar-refractivity contribution >= 4 is 23.4 Å². The molecule has 1 aliphatic heterocycles. The largest absolute Gasteiger partial charge is 0.314 e. The summed E-state index contributed by atoms with van der Waals surface area (Å²) in [5.41, 5.74) is 1.52. The topological polar surface area (TPSA) is 15.3 Å². The molecule has 2 aromatic rings. The molecule has 1 N–H and O–H groups in total. The maximum Gasteiger partial charge on any atom is 0.0406 e. The Kier molecular flexibility index (Phi) is 6.78. The Morgan fingerprint density at radius 1 is 0.926 bits per heavy atom. The van der Waals surface area contributed by atoms with Crippen molar-refractivity contribution in [3.8, 4) is 0 Å². The molecule has 1 atom stereocenters. The molecule has 1 saturated carbocycles. The van der Waals surface area contributed by atoms with Crippen LogP contribution in [0.15, 0.2) is 58.3 Å². The van der Waals surface area contributed by atoms with Gasteiger partial charge in [0.1, 0.15) is 0 Å². The number of piperazine rings is 1. The number of hydrogen-bond acceptors (Lipinski definition) is 3. The lowest BCUT2D eigenvalue weighted by Crippen LogP contribution is -2.47. The smallest absolute Gasteiger partial charge is 0.0406 e. The Labute approximate surface area is 172 Å². The van der Waals surface area contributed by atoms with Crippen LogP contribution in [0.4, 0.5) is 0 Å². The summed E-state index contributed by atoms with van der Waals surface area (Å²) in [6, 6.07) is 17.9. The Bertz CT molecular complexity index is 703. The average Bonchev–Trinajstić information content (AvgIpc) is 2.73. The van der Waals surface area contributed by atoms with Crippen LogP contribution >= 0.6 is 23.4 Å². The molecule has 27 heavy (non-hydrogen) atoms. The standard InChI is InChI=1S/C23H29ClN2S/c24-19-10-12-20(13-11-19)27-22-9-5-4-8-21(22)23(18-6-2-1-3-7-18)26-16-14-25-15-17-26/h4-5,8-13,18,23,25H,1-3,6-7,14-17H2/t23-/m1/s1. The second kappa shape index (κ2) is 9.47. The van der Waals surface area contributed by atoms with E-state index in [4.69, 9.17) is 11.6 Å². The first-order chi connectivity index (χ1) is 13.3. The molecule has 4 heteroatoms. The quantitative estimate of drug-likeness (QED) is 0.660. The summed E-state index contributed by atoms with van der Waals surface area (Å²) in [6.45, 7) is 4.52. The van der Waals surface area contributed by atoms with E-state index in [0.29, 0.717) is 6.04 Å². The van der Waals surface area contributed by atoms with Crippen molar-refractivity contribution in [3.63, 3.8) is 0 Å². The van der Waals surface area contributed by atoms with Crippen LogP contribution in [0.2, 0.25) is 5.02 Å². The third kappa shape index (κ3) is 4.89. The zero-order valence-electron chi connectivity index (χ0n) is 15.9. The van der Waals surface area contributed by atoms with E-state index < -0.39 is 0 Å². The fraction of sp³-hybridized carbons (Fsp3) is 0.478. The molecule has 1 aliphatic carbocycles. The summed E-state index contributed by atoms with van der Waals surface area (Å²) in [7, 11) is 0. The first-order valence-electron chi connectivity index (χ1n) is 10.3. The summed E-state index contributed by atoms with van der Waals surface area (Å²) in [5.74, 6) is 0.781. The second-order valence-corrected chi connectivity index (χ2v) is 9.27. The van der Waals surface area contributed by atoms with Gasteiger partial charge < -0.3 is 5.32 Å². The lowest BCUT2D eigenvalue weighted by atomic mass is 9.80. The van der Waals surface area contributed by atoms with Crippen molar-refractivity contribution in [1.29, 1.82) is 0 Å². The van der Waals surface area contributed by atoms with Gasteiger partial charge in [0.2, 0.25) is 0 Å². The predicted molar refractivity (Wildman–Crippen MR) is 116 cm³/mol. The van der Waals surface area contributed by atoms with Crippen LogP contribution in [0.5, 0.6) is 0 Å². The number of nitrogens with zero attached hydrogens (tertiary/aromatic N) is 1. The normalized spacial score (nSPS) is 20.5. The highest BCUT2D eigenvalue weighted by molar-refractivity contribution is 7.99. The molecule has 0 unspecified atom stereocenters. The second-order valence-electron chi connectivity index (χ2n) is 7.72. The minimum absolute atomic E-state index is 0.545. The van der Waals surface area contributed by atoms with Gasteiger partial charge in [0, 0.05) is 47.0 Å². The van der Waals surface area contributed by atoms with Gasteiger partial charge in [0.15, 0.2) is 0 Å². The van der Waals surface area contributed by atoms with Crippen LogP contribution in [0.3, 0.4) is 0 Å². The molecule has 0 spiro atoms. The molecule has 0 amide bonds. The van der Waals surface area contributed by atoms with E-state index in [1.807, 2.05) is 23.9 Å². The van der Waals surface area contributed by atoms with E-state index in [1.54, 1.807) is 0 Å². The van der Waals surface area contributed by atoms with Gasteiger partial charge in [-0.2, -0.15) is 0 Å². The molecular weight excluding hydrogens is 372 g/mol. The van der Waals surface area contributed by atoms with Gasteiger partial charge in [-0.15, -0.1) is 0 Å². The monoisotopic (exact) mass is 400 g/mol. The zero-order valence-corrected chi connectivity index (χ0v) is 17.4. The number of rotatable bonds is 5. The minimum atomic E-state index is 0.545. The summed E-state index contributed by atoms with van der Waals surface area (Å²) in [6.07, 6.45) is 6.93. The molecule has 0 aromatic heterocycles. The van der Waals surface area contributed by atoms with Crippen LogP contribution in [0, 0.1) is 5.92 Å². The number of halogens is 1. The van der Waals surface area contributed by atoms with E-state index in [0.717, 1.165) is 37.1 Å². The fourth-order valence-corrected chi connectivity index (χ4v) is 5.71. The Balaban J connectivity index is 1.65. The molecular formula is C23H29ClN2S. The third-order valence-electron chi connectivity index (χ3n) is 5.92. The Morgan fingerprint density at radius 3 is 2.37 bits per heavy atom. The molecule has 2 fully saturated rings. The maximum absolute atomic E-state index is 6.08. The Hall–Kier alpha value is -1.00. The SMILES string of the molecule is Clc1ccc(Sc2ccccc2[C@@H](C2CCCCC2)N2CCNCC2)cc1. The van der Waals surface area contributed by atoms with Gasteiger partial charge in [-0.05, 0) is 54.7 Å². The van der Waals surface area contributed by atoms with E-state index in [2.05, 4.69) is 46.6 Å². The molecule has 1 saturated heterocycles. The van der Waals surface area contributed by atoms with E-state index in [1.165, 1.54) is 47.5 Å². The molecule has 2 nitrogen and oxygen atoms in total. The van der Waals surface area contributed by atoms with Crippen molar-refractivity contribution in [2.45, 2.75) is 47.9 Å². The molecule has 0 bridgehead atoms. The summed E-state index contributed by atoms with van der Waals surface area (Å²) < 4.78 is 0. The lowest BCUT2D eigenvalue weighted by Gasteiger charge is -2.42. The van der Waals surface area contributed by atoms with Crippen LogP contribution in [0.25, 0.3) is 0 Å². The third-order valence-corrected chi connectivity index (χ3v) is 7.27. The highest BCUT2D eigenvalue weighted by Gasteiger charge is 2.32. The number of benzene rings is 2. The average molecular weight is 401 g/mol. The van der Waals surface area contributed by atoms with Crippen molar-refractivity contribution < 1.29 is 0 Å². The van der Waals surface area contributed by atoms with Gasteiger partial charge in [-0.25, -0.2) is 0 Å². The van der Waals surface area contributed by atoms with Gasteiger partial charge in [-0.1, -0.05) is 60.8 Å². The molecule has 2 aromatic carbocycles. The molecule has 4 rings (SSSR count). The van der Waals surface area contributed by atoms with Crippen LogP contribution < -0.4 is 5.32 Å². The van der Waals surface area contributed by atoms with Crippen LogP contribution in [-0.4, -0.2) is 31.1 Å². The van der Waals surface area contributed by atoms with Gasteiger partial charge in [0.05, 0.1) is 0 Å². The van der Waals surface area contributed by atoms with Crippen molar-refractivity contribution in [2.24, 2.45) is 5.92 Å². The first kappa shape index (κ1) is 19.3. The molecule has 2 aliphatic rings. The van der Waals surface area contributed by atoms with Gasteiger partial charge in [-0.3, -0.25) is 4.90 Å². The lowest BCUT2D eigenvalue weighted by molar-refractivity contribution is 0.101. The highest BCUT2D eigenvalue weighted by atomic mass is 35.5. The van der Waals surface area contributed by atoms with E-state index in [-0.39, 0.29) is 0 Å². The van der Waals surface area contributed by atoms with Crippen molar-refractivity contribution in [1.82, 2.24) is 10.2 Å². The maximum atomic E-state index is 6.08. The molecule has 144 valence electrons. The summed E-state index contributed by atoms with van der Waals surface area (Å²) in [5, 5.41) is 4.32.